The number of nitrogens with two attached hydrogens (primary N) is 1. The zero-order chi connectivity index (χ0) is 26.9. The molecule has 0 heterocycles. The van der Waals surface area contributed by atoms with Crippen LogP contribution in [0, 0.1) is 0 Å². The monoisotopic (exact) mass is 522 g/mol. The first kappa shape index (κ1) is 36.7. The Morgan fingerprint density at radius 3 is 1.22 bits per heavy atom. The van der Waals surface area contributed by atoms with E-state index in [-0.39, 0.29) is 6.10 Å². The Morgan fingerprint density at radius 2 is 0.811 bits per heavy atom. The van der Waals surface area contributed by atoms with Crippen LogP contribution in [0.25, 0.3) is 0 Å². The summed E-state index contributed by atoms with van der Waals surface area (Å²) in [4.78, 5) is 0. The third-order valence-corrected chi connectivity index (χ3v) is 7.90. The standard InChI is InChI=1S/C35H71NO/c1-3-5-7-9-11-13-15-17-18-19-21-23-25-27-29-31-33-37-35(34-36)32-30-28-26-24-22-20-16-14-12-10-8-6-4-2/h17-18,35H,3-16,19-34,36H2,1-2H3. The van der Waals surface area contributed by atoms with Gasteiger partial charge in [-0.05, 0) is 38.5 Å². The van der Waals surface area contributed by atoms with Crippen molar-refractivity contribution in [2.75, 3.05) is 13.2 Å². The van der Waals surface area contributed by atoms with Gasteiger partial charge in [0.2, 0.25) is 0 Å². The maximum absolute atomic E-state index is 6.08. The summed E-state index contributed by atoms with van der Waals surface area (Å²) < 4.78 is 6.08. The third-order valence-electron chi connectivity index (χ3n) is 7.90. The molecule has 2 nitrogen and oxygen atoms in total. The molecule has 0 aliphatic heterocycles. The van der Waals surface area contributed by atoms with Crippen molar-refractivity contribution < 1.29 is 4.74 Å². The van der Waals surface area contributed by atoms with Crippen LogP contribution in [0.1, 0.15) is 194 Å². The highest BCUT2D eigenvalue weighted by Gasteiger charge is 2.06. The van der Waals surface area contributed by atoms with Crippen LogP contribution >= 0.6 is 0 Å². The largest absolute Gasteiger partial charge is 0.377 e. The van der Waals surface area contributed by atoms with Gasteiger partial charge in [0.05, 0.1) is 6.10 Å². The number of allylic oxidation sites excluding steroid dienone is 2. The first-order valence-electron chi connectivity index (χ1n) is 17.3. The molecule has 0 rings (SSSR count). The normalized spacial score (nSPS) is 12.6. The van der Waals surface area contributed by atoms with Crippen LogP contribution in [0.3, 0.4) is 0 Å². The molecule has 0 aromatic heterocycles. The van der Waals surface area contributed by atoms with Crippen molar-refractivity contribution in [1.29, 1.82) is 0 Å². The zero-order valence-corrected chi connectivity index (χ0v) is 25.9. The maximum Gasteiger partial charge on any atom is 0.0697 e. The molecule has 1 unspecified atom stereocenters. The lowest BCUT2D eigenvalue weighted by atomic mass is 10.0. The third kappa shape index (κ3) is 31.8. The Balaban J connectivity index is 3.30. The summed E-state index contributed by atoms with van der Waals surface area (Å²) in [6, 6.07) is 0. The second-order valence-electron chi connectivity index (χ2n) is 11.7. The van der Waals surface area contributed by atoms with Gasteiger partial charge in [-0.25, -0.2) is 0 Å². The van der Waals surface area contributed by atoms with Gasteiger partial charge < -0.3 is 10.5 Å². The molecular formula is C35H71NO. The summed E-state index contributed by atoms with van der Waals surface area (Å²) >= 11 is 0. The van der Waals surface area contributed by atoms with Crippen LogP contribution in [-0.4, -0.2) is 19.3 Å². The quantitative estimate of drug-likeness (QED) is 0.0705. The fourth-order valence-electron chi connectivity index (χ4n) is 5.26. The van der Waals surface area contributed by atoms with Crippen molar-refractivity contribution in [2.24, 2.45) is 5.73 Å². The van der Waals surface area contributed by atoms with Gasteiger partial charge in [-0.15, -0.1) is 0 Å². The molecule has 0 aliphatic carbocycles. The SMILES string of the molecule is CCCCCCCCC=CCCCCCCCCOC(CN)CCCCCCCCCCCCCCC. The molecule has 0 aromatic rings. The first-order chi connectivity index (χ1) is 18.3. The van der Waals surface area contributed by atoms with Crippen molar-refractivity contribution in [3.05, 3.63) is 12.2 Å². The molecule has 0 fully saturated rings. The van der Waals surface area contributed by atoms with Crippen LogP contribution in [0.15, 0.2) is 12.2 Å². The van der Waals surface area contributed by atoms with Crippen LogP contribution in [0.2, 0.25) is 0 Å². The summed E-state index contributed by atoms with van der Waals surface area (Å²) in [5.74, 6) is 0. The number of hydrogen-bond donors (Lipinski definition) is 1. The molecule has 0 aliphatic rings. The van der Waals surface area contributed by atoms with Gasteiger partial charge >= 0.3 is 0 Å². The molecule has 0 aromatic carbocycles. The van der Waals surface area contributed by atoms with E-state index in [9.17, 15) is 0 Å². The summed E-state index contributed by atoms with van der Waals surface area (Å²) in [5.41, 5.74) is 5.96. The van der Waals surface area contributed by atoms with Crippen LogP contribution < -0.4 is 5.73 Å². The van der Waals surface area contributed by atoms with Crippen LogP contribution in [0.4, 0.5) is 0 Å². The molecule has 0 saturated carbocycles. The molecular weight excluding hydrogens is 450 g/mol. The van der Waals surface area contributed by atoms with Gasteiger partial charge in [0.25, 0.3) is 0 Å². The minimum atomic E-state index is 0.288. The first-order valence-corrected chi connectivity index (χ1v) is 17.3. The van der Waals surface area contributed by atoms with Gasteiger partial charge in [0, 0.05) is 13.2 Å². The molecule has 0 radical (unpaired) electrons. The molecule has 1 atom stereocenters. The average molecular weight is 522 g/mol. The van der Waals surface area contributed by atoms with E-state index in [1.165, 1.54) is 173 Å². The van der Waals surface area contributed by atoms with E-state index >= 15 is 0 Å². The Bertz CT molecular complexity index is 421. The summed E-state index contributed by atoms with van der Waals surface area (Å²) in [6.45, 7) is 6.17. The van der Waals surface area contributed by atoms with Gasteiger partial charge in [0.15, 0.2) is 0 Å². The molecule has 0 saturated heterocycles. The molecule has 222 valence electrons. The average Bonchev–Trinajstić information content (AvgIpc) is 2.91. The summed E-state index contributed by atoms with van der Waals surface area (Å²) in [7, 11) is 0. The van der Waals surface area contributed by atoms with Crippen molar-refractivity contribution in [1.82, 2.24) is 0 Å². The van der Waals surface area contributed by atoms with Gasteiger partial charge in [-0.3, -0.25) is 0 Å². The summed E-state index contributed by atoms with van der Waals surface area (Å²) in [6.07, 6.45) is 43.6. The Hall–Kier alpha value is -0.340. The lowest BCUT2D eigenvalue weighted by Crippen LogP contribution is -2.24. The van der Waals surface area contributed by atoms with E-state index < -0.39 is 0 Å². The van der Waals surface area contributed by atoms with Gasteiger partial charge in [-0.1, -0.05) is 167 Å². The molecule has 0 spiro atoms. The lowest BCUT2D eigenvalue weighted by molar-refractivity contribution is 0.0489. The highest BCUT2D eigenvalue weighted by atomic mass is 16.5. The zero-order valence-electron chi connectivity index (χ0n) is 25.9. The molecule has 2 heteroatoms. The fraction of sp³-hybridized carbons (Fsp3) is 0.943. The minimum Gasteiger partial charge on any atom is -0.377 e. The second-order valence-corrected chi connectivity index (χ2v) is 11.7. The Labute approximate surface area is 235 Å². The van der Waals surface area contributed by atoms with E-state index in [1.54, 1.807) is 0 Å². The molecule has 2 N–H and O–H groups in total. The molecule has 0 bridgehead atoms. The predicted molar refractivity (Wildman–Crippen MR) is 169 cm³/mol. The van der Waals surface area contributed by atoms with Crippen molar-refractivity contribution in [3.8, 4) is 0 Å². The number of unbranched alkanes of at least 4 members (excludes halogenated alkanes) is 24. The van der Waals surface area contributed by atoms with E-state index in [0.717, 1.165) is 13.0 Å². The minimum absolute atomic E-state index is 0.288. The Kier molecular flexibility index (Phi) is 33.4. The Morgan fingerprint density at radius 1 is 0.459 bits per heavy atom. The van der Waals surface area contributed by atoms with Gasteiger partial charge in [-0.2, -0.15) is 0 Å². The van der Waals surface area contributed by atoms with Crippen molar-refractivity contribution in [3.63, 3.8) is 0 Å². The van der Waals surface area contributed by atoms with Gasteiger partial charge in [0.1, 0.15) is 0 Å². The number of rotatable bonds is 32. The smallest absolute Gasteiger partial charge is 0.0697 e. The van der Waals surface area contributed by atoms with Crippen LogP contribution in [-0.2, 0) is 4.74 Å². The molecule has 0 amide bonds. The highest BCUT2D eigenvalue weighted by Crippen LogP contribution is 2.15. The van der Waals surface area contributed by atoms with Crippen molar-refractivity contribution >= 4 is 0 Å². The fourth-order valence-corrected chi connectivity index (χ4v) is 5.26. The van der Waals surface area contributed by atoms with E-state index in [0.29, 0.717) is 6.54 Å². The lowest BCUT2D eigenvalue weighted by Gasteiger charge is -2.16. The molecule has 37 heavy (non-hydrogen) atoms. The van der Waals surface area contributed by atoms with E-state index in [1.807, 2.05) is 0 Å². The van der Waals surface area contributed by atoms with E-state index in [4.69, 9.17) is 10.5 Å². The van der Waals surface area contributed by atoms with Crippen molar-refractivity contribution in [2.45, 2.75) is 200 Å². The van der Waals surface area contributed by atoms with E-state index in [2.05, 4.69) is 26.0 Å². The topological polar surface area (TPSA) is 35.2 Å². The number of hydrogen-bond acceptors (Lipinski definition) is 2. The second kappa shape index (κ2) is 33.7. The highest BCUT2D eigenvalue weighted by molar-refractivity contribution is 4.81. The number of ether oxygens (including phenoxy) is 1. The predicted octanol–water partition coefficient (Wildman–Crippen LogP) is 11.8. The maximum atomic E-state index is 6.08. The summed E-state index contributed by atoms with van der Waals surface area (Å²) in [5, 5.41) is 0. The van der Waals surface area contributed by atoms with Crippen LogP contribution in [0.5, 0.6) is 0 Å².